The maximum atomic E-state index is 11.9. The van der Waals surface area contributed by atoms with Crippen molar-refractivity contribution in [2.24, 2.45) is 0 Å². The van der Waals surface area contributed by atoms with Crippen LogP contribution in [0.5, 0.6) is 11.5 Å². The lowest BCUT2D eigenvalue weighted by atomic mass is 10.1. The normalized spacial score (nSPS) is 17.1. The molecule has 2 rings (SSSR count). The summed E-state index contributed by atoms with van der Waals surface area (Å²) in [6.45, 7) is 2.15. The molecule has 0 bridgehead atoms. The van der Waals surface area contributed by atoms with Gasteiger partial charge >= 0.3 is 0 Å². The van der Waals surface area contributed by atoms with Crippen molar-refractivity contribution >= 4 is 0 Å². The standard InChI is InChI=1S/C12H16FNO2/c13-6-3-7-14-8-10(9-14)16-12-5-2-1-4-11(12)15/h1-2,4-5,10,15H,3,6-9H2. The predicted octanol–water partition coefficient (Wildman–Crippen LogP) is 1.81. The van der Waals surface area contributed by atoms with Gasteiger partial charge in [0.1, 0.15) is 6.10 Å². The summed E-state index contributed by atoms with van der Waals surface area (Å²) in [7, 11) is 0. The molecule has 3 nitrogen and oxygen atoms in total. The summed E-state index contributed by atoms with van der Waals surface area (Å²) in [5, 5.41) is 9.50. The van der Waals surface area contributed by atoms with Crippen molar-refractivity contribution in [3.8, 4) is 11.5 Å². The fourth-order valence-corrected chi connectivity index (χ4v) is 1.80. The topological polar surface area (TPSA) is 32.7 Å². The second-order valence-corrected chi connectivity index (χ2v) is 4.01. The molecule has 1 aliphatic rings. The number of aromatic hydroxyl groups is 1. The van der Waals surface area contributed by atoms with E-state index in [1.165, 1.54) is 0 Å². The number of halogens is 1. The summed E-state index contributed by atoms with van der Waals surface area (Å²) < 4.78 is 17.5. The van der Waals surface area contributed by atoms with Crippen molar-refractivity contribution in [3.05, 3.63) is 24.3 Å². The summed E-state index contributed by atoms with van der Waals surface area (Å²) in [6.07, 6.45) is 0.705. The quantitative estimate of drug-likeness (QED) is 0.829. The van der Waals surface area contributed by atoms with Crippen LogP contribution in [0.3, 0.4) is 0 Å². The SMILES string of the molecule is Oc1ccccc1OC1CN(CCCF)C1. The zero-order chi connectivity index (χ0) is 11.4. The van der Waals surface area contributed by atoms with E-state index in [1.807, 2.05) is 6.07 Å². The molecule has 0 spiro atoms. The Balaban J connectivity index is 1.75. The molecule has 0 radical (unpaired) electrons. The molecule has 0 aromatic heterocycles. The van der Waals surface area contributed by atoms with Crippen LogP contribution in [-0.4, -0.2) is 42.4 Å². The van der Waals surface area contributed by atoms with Crippen molar-refractivity contribution in [1.82, 2.24) is 4.90 Å². The Morgan fingerprint density at radius 2 is 2.12 bits per heavy atom. The van der Waals surface area contributed by atoms with Gasteiger partial charge in [-0.3, -0.25) is 9.29 Å². The molecule has 0 aliphatic carbocycles. The number of benzene rings is 1. The summed E-state index contributed by atoms with van der Waals surface area (Å²) in [5.41, 5.74) is 0. The fourth-order valence-electron chi connectivity index (χ4n) is 1.80. The molecular formula is C12H16FNO2. The maximum absolute atomic E-state index is 11.9. The van der Waals surface area contributed by atoms with Gasteiger partial charge in [-0.1, -0.05) is 12.1 Å². The fraction of sp³-hybridized carbons (Fsp3) is 0.500. The zero-order valence-corrected chi connectivity index (χ0v) is 9.10. The van der Waals surface area contributed by atoms with Gasteiger partial charge in [0.15, 0.2) is 11.5 Å². The Hall–Kier alpha value is -1.29. The molecule has 1 saturated heterocycles. The van der Waals surface area contributed by atoms with Crippen LogP contribution in [0, 0.1) is 0 Å². The van der Waals surface area contributed by atoms with Crippen LogP contribution in [0.15, 0.2) is 24.3 Å². The third-order valence-electron chi connectivity index (χ3n) is 2.69. The van der Waals surface area contributed by atoms with E-state index in [-0.39, 0.29) is 18.5 Å². The monoisotopic (exact) mass is 225 g/mol. The summed E-state index contributed by atoms with van der Waals surface area (Å²) in [6, 6.07) is 6.94. The van der Waals surface area contributed by atoms with Crippen molar-refractivity contribution in [2.45, 2.75) is 12.5 Å². The Labute approximate surface area is 94.4 Å². The van der Waals surface area contributed by atoms with Gasteiger partial charge < -0.3 is 9.84 Å². The third kappa shape index (κ3) is 2.64. The van der Waals surface area contributed by atoms with Crippen molar-refractivity contribution in [3.63, 3.8) is 0 Å². The van der Waals surface area contributed by atoms with Gasteiger partial charge in [-0.05, 0) is 18.6 Å². The van der Waals surface area contributed by atoms with E-state index in [4.69, 9.17) is 4.74 Å². The number of hydrogen-bond donors (Lipinski definition) is 1. The Kier molecular flexibility index (Phi) is 3.62. The summed E-state index contributed by atoms with van der Waals surface area (Å²) >= 11 is 0. The van der Waals surface area contributed by atoms with Crippen molar-refractivity contribution in [1.29, 1.82) is 0 Å². The number of nitrogens with zero attached hydrogens (tertiary/aromatic N) is 1. The minimum Gasteiger partial charge on any atom is -0.504 e. The zero-order valence-electron chi connectivity index (χ0n) is 9.10. The molecule has 1 fully saturated rings. The molecule has 4 heteroatoms. The van der Waals surface area contributed by atoms with Crippen LogP contribution >= 0.6 is 0 Å². The molecule has 0 amide bonds. The molecule has 0 unspecified atom stereocenters. The molecule has 1 heterocycles. The highest BCUT2D eigenvalue weighted by Gasteiger charge is 2.28. The second kappa shape index (κ2) is 5.16. The van der Waals surface area contributed by atoms with Crippen molar-refractivity contribution < 1.29 is 14.2 Å². The summed E-state index contributed by atoms with van der Waals surface area (Å²) in [4.78, 5) is 2.14. The second-order valence-electron chi connectivity index (χ2n) is 4.01. The van der Waals surface area contributed by atoms with E-state index < -0.39 is 0 Å². The maximum Gasteiger partial charge on any atom is 0.161 e. The number of ether oxygens (including phenoxy) is 1. The summed E-state index contributed by atoms with van der Waals surface area (Å²) in [5.74, 6) is 0.697. The van der Waals surface area contributed by atoms with E-state index in [1.54, 1.807) is 18.2 Å². The van der Waals surface area contributed by atoms with E-state index in [0.717, 1.165) is 19.6 Å². The van der Waals surface area contributed by atoms with Crippen LogP contribution in [0.2, 0.25) is 0 Å². The predicted molar refractivity (Wildman–Crippen MR) is 59.6 cm³/mol. The van der Waals surface area contributed by atoms with Gasteiger partial charge in [0.2, 0.25) is 0 Å². The van der Waals surface area contributed by atoms with E-state index in [9.17, 15) is 9.50 Å². The molecule has 0 saturated carbocycles. The molecule has 1 aliphatic heterocycles. The molecule has 0 atom stereocenters. The average Bonchev–Trinajstić information content (AvgIpc) is 2.24. The molecule has 1 aromatic rings. The number of hydrogen-bond acceptors (Lipinski definition) is 3. The van der Waals surface area contributed by atoms with Gasteiger partial charge in [-0.25, -0.2) is 0 Å². The van der Waals surface area contributed by atoms with Crippen molar-refractivity contribution in [2.75, 3.05) is 26.3 Å². The number of rotatable bonds is 5. The minimum atomic E-state index is -0.262. The average molecular weight is 225 g/mol. The first-order chi connectivity index (χ1) is 7.79. The lowest BCUT2D eigenvalue weighted by Crippen LogP contribution is -2.53. The van der Waals surface area contributed by atoms with Crippen LogP contribution in [0.4, 0.5) is 4.39 Å². The number of phenols is 1. The van der Waals surface area contributed by atoms with Gasteiger partial charge in [0.05, 0.1) is 6.67 Å². The van der Waals surface area contributed by atoms with Crippen LogP contribution in [0.1, 0.15) is 6.42 Å². The Bertz CT molecular complexity index is 340. The van der Waals surface area contributed by atoms with Gasteiger partial charge in [0.25, 0.3) is 0 Å². The van der Waals surface area contributed by atoms with Crippen LogP contribution in [0.25, 0.3) is 0 Å². The van der Waals surface area contributed by atoms with Gasteiger partial charge in [-0.2, -0.15) is 0 Å². The minimum absolute atomic E-state index is 0.118. The van der Waals surface area contributed by atoms with E-state index in [0.29, 0.717) is 12.2 Å². The lowest BCUT2D eigenvalue weighted by molar-refractivity contribution is 0.0170. The third-order valence-corrected chi connectivity index (χ3v) is 2.69. The van der Waals surface area contributed by atoms with Gasteiger partial charge in [-0.15, -0.1) is 0 Å². The number of phenolic OH excluding ortho intramolecular Hbond substituents is 1. The van der Waals surface area contributed by atoms with Crippen LogP contribution in [-0.2, 0) is 0 Å². The first-order valence-corrected chi connectivity index (χ1v) is 5.52. The molecule has 88 valence electrons. The molecular weight excluding hydrogens is 209 g/mol. The number of para-hydroxylation sites is 2. The van der Waals surface area contributed by atoms with Gasteiger partial charge in [0, 0.05) is 19.6 Å². The highest BCUT2D eigenvalue weighted by Crippen LogP contribution is 2.27. The van der Waals surface area contributed by atoms with Crippen LogP contribution < -0.4 is 4.74 Å². The first-order valence-electron chi connectivity index (χ1n) is 5.52. The molecule has 1 N–H and O–H groups in total. The van der Waals surface area contributed by atoms with E-state index in [2.05, 4.69) is 4.90 Å². The highest BCUT2D eigenvalue weighted by atomic mass is 19.1. The number of likely N-dealkylation sites (tertiary alicyclic amines) is 1. The smallest absolute Gasteiger partial charge is 0.161 e. The largest absolute Gasteiger partial charge is 0.504 e. The first kappa shape index (κ1) is 11.2. The number of alkyl halides is 1. The van der Waals surface area contributed by atoms with E-state index >= 15 is 0 Å². The Morgan fingerprint density at radius 1 is 1.38 bits per heavy atom. The molecule has 16 heavy (non-hydrogen) atoms. The highest BCUT2D eigenvalue weighted by molar-refractivity contribution is 5.38. The molecule has 1 aromatic carbocycles. The Morgan fingerprint density at radius 3 is 2.81 bits per heavy atom. The lowest BCUT2D eigenvalue weighted by Gasteiger charge is -2.38.